The van der Waals surface area contributed by atoms with Crippen molar-refractivity contribution in [2.24, 2.45) is 0 Å². The first-order chi connectivity index (χ1) is 8.90. The van der Waals surface area contributed by atoms with Gasteiger partial charge in [0.1, 0.15) is 0 Å². The Kier molecular flexibility index (Phi) is 3.89. The van der Waals surface area contributed by atoms with E-state index in [1.165, 1.54) is 6.07 Å². The molecule has 6 heteroatoms. The minimum Gasteiger partial charge on any atom is -0.204 e. The van der Waals surface area contributed by atoms with Gasteiger partial charge in [0, 0.05) is 0 Å². The predicted octanol–water partition coefficient (Wildman–Crippen LogP) is 4.87. The third-order valence-electron chi connectivity index (χ3n) is 2.54. The van der Waals surface area contributed by atoms with E-state index < -0.39 is 33.9 Å². The Hall–Kier alpha value is -1.43. The summed E-state index contributed by atoms with van der Waals surface area (Å²) in [4.78, 5) is -0.785. The van der Waals surface area contributed by atoms with Gasteiger partial charge in [0.05, 0.1) is 4.83 Å². The topological polar surface area (TPSA) is 0 Å². The van der Waals surface area contributed by atoms with E-state index >= 15 is 0 Å². The molecule has 0 saturated carbocycles. The Morgan fingerprint density at radius 3 is 1.74 bits per heavy atom. The van der Waals surface area contributed by atoms with Gasteiger partial charge >= 0.3 is 0 Å². The van der Waals surface area contributed by atoms with Gasteiger partial charge in [0.25, 0.3) is 0 Å². The molecule has 2 rings (SSSR count). The van der Waals surface area contributed by atoms with Crippen LogP contribution in [0.5, 0.6) is 0 Å². The molecule has 0 radical (unpaired) electrons. The molecule has 2 aromatic carbocycles. The minimum absolute atomic E-state index is 0.0578. The van der Waals surface area contributed by atoms with E-state index in [1.54, 1.807) is 0 Å². The highest BCUT2D eigenvalue weighted by Crippen LogP contribution is 2.32. The first-order valence-electron chi connectivity index (χ1n) is 5.13. The fourth-order valence-electron chi connectivity index (χ4n) is 1.58. The molecule has 1 atom stereocenters. The molecule has 0 saturated heterocycles. The Balaban J connectivity index is 2.43. The van der Waals surface area contributed by atoms with E-state index in [1.807, 2.05) is 0 Å². The Morgan fingerprint density at radius 1 is 0.684 bits per heavy atom. The summed E-state index contributed by atoms with van der Waals surface area (Å²) in [6, 6.07) is 4.64. The molecule has 1 unspecified atom stereocenters. The average molecular weight is 337 g/mol. The van der Waals surface area contributed by atoms with Gasteiger partial charge in [-0.05, 0) is 35.4 Å². The average Bonchev–Trinajstić information content (AvgIpc) is 2.37. The maximum absolute atomic E-state index is 13.1. The van der Waals surface area contributed by atoms with Crippen LogP contribution >= 0.6 is 15.9 Å². The van der Waals surface area contributed by atoms with Crippen molar-refractivity contribution >= 4 is 15.9 Å². The highest BCUT2D eigenvalue weighted by Gasteiger charge is 2.18. The molecule has 19 heavy (non-hydrogen) atoms. The largest absolute Gasteiger partial charge is 0.204 e. The quantitative estimate of drug-likeness (QED) is 0.417. The van der Waals surface area contributed by atoms with Crippen LogP contribution in [0.15, 0.2) is 30.3 Å². The summed E-state index contributed by atoms with van der Waals surface area (Å²) in [5, 5.41) is 0. The first kappa shape index (κ1) is 14.0. The van der Waals surface area contributed by atoms with Crippen LogP contribution in [0.3, 0.4) is 0 Å². The molecule has 100 valence electrons. The minimum atomic E-state index is -1.58. The number of hydrogen-bond donors (Lipinski definition) is 0. The normalized spacial score (nSPS) is 12.5. The number of rotatable bonds is 2. The third kappa shape index (κ3) is 2.78. The van der Waals surface area contributed by atoms with Crippen LogP contribution in [0.1, 0.15) is 16.0 Å². The van der Waals surface area contributed by atoms with E-state index in [-0.39, 0.29) is 11.1 Å². The maximum Gasteiger partial charge on any atom is 0.194 e. The molecule has 2 aromatic rings. The van der Waals surface area contributed by atoms with Gasteiger partial charge in [0.2, 0.25) is 0 Å². The summed E-state index contributed by atoms with van der Waals surface area (Å²) in [6.45, 7) is 0. The van der Waals surface area contributed by atoms with Crippen LogP contribution in [-0.2, 0) is 0 Å². The molecule has 0 aliphatic carbocycles. The molecule has 0 nitrogen and oxygen atoms in total. The van der Waals surface area contributed by atoms with Crippen molar-refractivity contribution in [1.82, 2.24) is 0 Å². The van der Waals surface area contributed by atoms with Crippen molar-refractivity contribution in [2.75, 3.05) is 0 Å². The number of alkyl halides is 1. The van der Waals surface area contributed by atoms with Crippen molar-refractivity contribution in [3.63, 3.8) is 0 Å². The van der Waals surface area contributed by atoms with Crippen LogP contribution in [-0.4, -0.2) is 0 Å². The summed E-state index contributed by atoms with van der Waals surface area (Å²) in [6.07, 6.45) is 0. The van der Waals surface area contributed by atoms with Crippen LogP contribution in [0.4, 0.5) is 22.0 Å². The van der Waals surface area contributed by atoms with Gasteiger partial charge in [-0.15, -0.1) is 0 Å². The van der Waals surface area contributed by atoms with Crippen LogP contribution in [0, 0.1) is 29.1 Å². The fourth-order valence-corrected chi connectivity index (χ4v) is 2.13. The van der Waals surface area contributed by atoms with Crippen molar-refractivity contribution in [2.45, 2.75) is 4.83 Å². The number of hydrogen-bond acceptors (Lipinski definition) is 0. The second kappa shape index (κ2) is 5.28. The third-order valence-corrected chi connectivity index (χ3v) is 3.59. The van der Waals surface area contributed by atoms with Crippen molar-refractivity contribution in [1.29, 1.82) is 0 Å². The van der Waals surface area contributed by atoms with Gasteiger partial charge in [-0.1, -0.05) is 22.0 Å². The lowest BCUT2D eigenvalue weighted by atomic mass is 10.0. The molecule has 0 bridgehead atoms. The fraction of sp³-hybridized carbons (Fsp3) is 0.0769. The van der Waals surface area contributed by atoms with Crippen molar-refractivity contribution in [3.05, 3.63) is 70.5 Å². The zero-order valence-corrected chi connectivity index (χ0v) is 10.8. The Labute approximate surface area is 114 Å². The SMILES string of the molecule is Fc1ccc(C(Br)c2cc(F)c(F)c(F)c2)cc1F. The van der Waals surface area contributed by atoms with Crippen LogP contribution in [0.2, 0.25) is 0 Å². The second-order valence-electron chi connectivity index (χ2n) is 3.83. The lowest BCUT2D eigenvalue weighted by Crippen LogP contribution is -1.99. The summed E-state index contributed by atoms with van der Waals surface area (Å²) in [5.74, 6) is -6.37. The molecule has 0 heterocycles. The molecule has 0 aliphatic rings. The van der Waals surface area contributed by atoms with Crippen molar-refractivity contribution < 1.29 is 22.0 Å². The van der Waals surface area contributed by atoms with E-state index in [2.05, 4.69) is 15.9 Å². The van der Waals surface area contributed by atoms with Crippen molar-refractivity contribution in [3.8, 4) is 0 Å². The van der Waals surface area contributed by atoms with E-state index in [0.29, 0.717) is 0 Å². The molecule has 0 amide bonds. The first-order valence-corrected chi connectivity index (χ1v) is 6.05. The monoisotopic (exact) mass is 336 g/mol. The highest BCUT2D eigenvalue weighted by atomic mass is 79.9. The summed E-state index contributed by atoms with van der Waals surface area (Å²) < 4.78 is 64.9. The molecular weight excluding hydrogens is 331 g/mol. The standard InChI is InChI=1S/C13H6BrF5/c14-12(6-1-2-8(15)9(16)3-6)7-4-10(17)13(19)11(18)5-7/h1-5,12H. The number of benzene rings is 2. The molecule has 0 aliphatic heterocycles. The summed E-state index contributed by atoms with van der Waals surface area (Å²) >= 11 is 3.10. The zero-order chi connectivity index (χ0) is 14.2. The smallest absolute Gasteiger partial charge is 0.194 e. The van der Waals surface area contributed by atoms with E-state index in [9.17, 15) is 22.0 Å². The Morgan fingerprint density at radius 2 is 1.21 bits per heavy atom. The second-order valence-corrected chi connectivity index (χ2v) is 4.75. The summed E-state index contributed by atoms with van der Waals surface area (Å²) in [5.41, 5.74) is 0.312. The number of halogens is 6. The van der Waals surface area contributed by atoms with Gasteiger partial charge in [-0.3, -0.25) is 0 Å². The summed E-state index contributed by atoms with van der Waals surface area (Å²) in [7, 11) is 0. The van der Waals surface area contributed by atoms with E-state index in [0.717, 1.165) is 24.3 Å². The van der Waals surface area contributed by atoms with Gasteiger partial charge in [-0.25, -0.2) is 22.0 Å². The molecule has 0 aromatic heterocycles. The maximum atomic E-state index is 13.1. The highest BCUT2D eigenvalue weighted by molar-refractivity contribution is 9.09. The van der Waals surface area contributed by atoms with Gasteiger partial charge < -0.3 is 0 Å². The lowest BCUT2D eigenvalue weighted by molar-refractivity contribution is 0.445. The lowest BCUT2D eigenvalue weighted by Gasteiger charge is -2.12. The Bertz CT molecular complexity index is 603. The van der Waals surface area contributed by atoms with Gasteiger partial charge in [0.15, 0.2) is 29.1 Å². The molecule has 0 N–H and O–H groups in total. The van der Waals surface area contributed by atoms with Crippen LogP contribution in [0.25, 0.3) is 0 Å². The molecule has 0 fully saturated rings. The predicted molar refractivity (Wildman–Crippen MR) is 63.4 cm³/mol. The molecular formula is C13H6BrF5. The van der Waals surface area contributed by atoms with Crippen LogP contribution < -0.4 is 0 Å². The molecule has 0 spiro atoms. The van der Waals surface area contributed by atoms with Gasteiger partial charge in [-0.2, -0.15) is 0 Å². The van der Waals surface area contributed by atoms with E-state index in [4.69, 9.17) is 0 Å². The zero-order valence-electron chi connectivity index (χ0n) is 9.23.